The van der Waals surface area contributed by atoms with Gasteiger partial charge in [0.1, 0.15) is 0 Å². The highest BCUT2D eigenvalue weighted by Gasteiger charge is 2.07. The van der Waals surface area contributed by atoms with E-state index in [0.29, 0.717) is 5.96 Å². The van der Waals surface area contributed by atoms with Gasteiger partial charge in [-0.25, -0.2) is 0 Å². The first-order valence-corrected chi connectivity index (χ1v) is 7.62. The van der Waals surface area contributed by atoms with Crippen LogP contribution >= 0.6 is 0 Å². The summed E-state index contributed by atoms with van der Waals surface area (Å²) in [6, 6.07) is 0. The van der Waals surface area contributed by atoms with Gasteiger partial charge in [0, 0.05) is 26.2 Å². The van der Waals surface area contributed by atoms with Gasteiger partial charge in [-0.3, -0.25) is 14.5 Å². The van der Waals surface area contributed by atoms with E-state index in [1.807, 2.05) is 37.5 Å². The van der Waals surface area contributed by atoms with E-state index in [1.165, 1.54) is 0 Å². The maximum Gasteiger partial charge on any atom is 0.394 e. The average molecular weight is 311 g/mol. The van der Waals surface area contributed by atoms with E-state index in [-0.39, 0.29) is 5.96 Å². The summed E-state index contributed by atoms with van der Waals surface area (Å²) < 4.78 is 31.6. The van der Waals surface area contributed by atoms with Gasteiger partial charge < -0.3 is 15.5 Å². The molecule has 0 aromatic heterocycles. The van der Waals surface area contributed by atoms with Gasteiger partial charge in [-0.2, -0.15) is 13.4 Å². The van der Waals surface area contributed by atoms with Crippen molar-refractivity contribution in [1.29, 1.82) is 5.41 Å². The number of nitrogens with one attached hydrogen (secondary N) is 1. The lowest BCUT2D eigenvalue weighted by Crippen LogP contribution is -2.39. The molecule has 0 fully saturated rings. The van der Waals surface area contributed by atoms with Crippen molar-refractivity contribution in [2.75, 3.05) is 26.2 Å². The van der Waals surface area contributed by atoms with Crippen molar-refractivity contribution in [3.63, 3.8) is 0 Å². The van der Waals surface area contributed by atoms with Crippen LogP contribution < -0.4 is 5.73 Å². The van der Waals surface area contributed by atoms with Crippen molar-refractivity contribution in [2.24, 2.45) is 10.7 Å². The Balaban J connectivity index is 0. The minimum Gasteiger partial charge on any atom is -0.369 e. The molecule has 0 aromatic rings. The van der Waals surface area contributed by atoms with Crippen molar-refractivity contribution in [3.05, 3.63) is 0 Å². The van der Waals surface area contributed by atoms with Crippen molar-refractivity contribution in [1.82, 2.24) is 9.80 Å². The molecule has 0 aliphatic rings. The number of hydrogen-bond acceptors (Lipinski definition) is 3. The average Bonchev–Trinajstić information content (AvgIpc) is 2.29. The molecule has 0 spiro atoms. The molecule has 120 valence electrons. The van der Waals surface area contributed by atoms with E-state index >= 15 is 0 Å². The molecule has 0 bridgehead atoms. The molecule has 5 N–H and O–H groups in total. The molecular weight excluding hydrogens is 286 g/mol. The van der Waals surface area contributed by atoms with E-state index in [2.05, 4.69) is 4.99 Å². The first-order chi connectivity index (χ1) is 9.10. The Bertz CT molecular complexity index is 394. The van der Waals surface area contributed by atoms with Gasteiger partial charge in [-0.1, -0.05) is 0 Å². The normalized spacial score (nSPS) is 11.4. The van der Waals surface area contributed by atoms with Crippen molar-refractivity contribution in [3.8, 4) is 0 Å². The number of aliphatic imine (C=N–C) groups is 1. The Kier molecular flexibility index (Phi) is 10.9. The number of nitrogens with zero attached hydrogens (tertiary/aromatic N) is 3. The summed E-state index contributed by atoms with van der Waals surface area (Å²) in [6.07, 6.45) is 0. The van der Waals surface area contributed by atoms with Gasteiger partial charge in [0.25, 0.3) is 0 Å². The summed E-state index contributed by atoms with van der Waals surface area (Å²) in [5.74, 6) is 0.668. The van der Waals surface area contributed by atoms with Crippen LogP contribution in [0, 0.1) is 5.41 Å². The van der Waals surface area contributed by atoms with Gasteiger partial charge in [0.05, 0.1) is 0 Å². The fourth-order valence-corrected chi connectivity index (χ4v) is 1.32. The molecule has 0 heterocycles. The molecule has 10 heteroatoms. The molecule has 20 heavy (non-hydrogen) atoms. The quantitative estimate of drug-likeness (QED) is 0.331. The minimum absolute atomic E-state index is 0.240. The Morgan fingerprint density at radius 2 is 1.35 bits per heavy atom. The van der Waals surface area contributed by atoms with E-state index in [0.717, 1.165) is 26.2 Å². The third-order valence-electron chi connectivity index (χ3n) is 2.37. The lowest BCUT2D eigenvalue weighted by Gasteiger charge is -2.22. The number of rotatable bonds is 4. The van der Waals surface area contributed by atoms with E-state index in [4.69, 9.17) is 28.7 Å². The minimum atomic E-state index is -4.67. The molecule has 0 aromatic carbocycles. The van der Waals surface area contributed by atoms with Crippen molar-refractivity contribution >= 4 is 22.3 Å². The van der Waals surface area contributed by atoms with Crippen LogP contribution in [0.5, 0.6) is 0 Å². The van der Waals surface area contributed by atoms with Crippen LogP contribution in [-0.2, 0) is 10.4 Å². The maximum atomic E-state index is 8.74. The highest BCUT2D eigenvalue weighted by atomic mass is 32.3. The second kappa shape index (κ2) is 10.4. The first-order valence-electron chi connectivity index (χ1n) is 6.22. The lowest BCUT2D eigenvalue weighted by molar-refractivity contribution is 0.381. The van der Waals surface area contributed by atoms with Gasteiger partial charge in [-0.15, -0.1) is 0 Å². The zero-order valence-electron chi connectivity index (χ0n) is 12.4. The van der Waals surface area contributed by atoms with Crippen LogP contribution in [-0.4, -0.2) is 65.4 Å². The Hall–Kier alpha value is -1.39. The molecule has 9 nitrogen and oxygen atoms in total. The summed E-state index contributed by atoms with van der Waals surface area (Å²) in [7, 11) is -4.67. The smallest absolute Gasteiger partial charge is 0.369 e. The Morgan fingerprint density at radius 3 is 1.60 bits per heavy atom. The summed E-state index contributed by atoms with van der Waals surface area (Å²) in [6.45, 7) is 11.2. The van der Waals surface area contributed by atoms with Gasteiger partial charge in [-0.05, 0) is 27.7 Å². The van der Waals surface area contributed by atoms with Crippen LogP contribution in [0.2, 0.25) is 0 Å². The molecule has 0 atom stereocenters. The summed E-state index contributed by atoms with van der Waals surface area (Å²) in [5, 5.41) is 7.75. The first kappa shape index (κ1) is 20.9. The highest BCUT2D eigenvalue weighted by Crippen LogP contribution is 1.93. The molecule has 0 aliphatic carbocycles. The molecule has 0 amide bonds. The predicted molar refractivity (Wildman–Crippen MR) is 79.4 cm³/mol. The van der Waals surface area contributed by atoms with Gasteiger partial charge in [0.2, 0.25) is 5.96 Å². The number of hydrogen-bond donors (Lipinski definition) is 4. The van der Waals surface area contributed by atoms with Crippen molar-refractivity contribution < 1.29 is 17.5 Å². The second-order valence-corrected chi connectivity index (χ2v) is 4.48. The highest BCUT2D eigenvalue weighted by molar-refractivity contribution is 7.79. The van der Waals surface area contributed by atoms with Crippen LogP contribution in [0.3, 0.4) is 0 Å². The zero-order chi connectivity index (χ0) is 16.3. The van der Waals surface area contributed by atoms with E-state index in [9.17, 15) is 0 Å². The van der Waals surface area contributed by atoms with Crippen LogP contribution in [0.15, 0.2) is 4.99 Å². The molecule has 0 saturated heterocycles. The third-order valence-corrected chi connectivity index (χ3v) is 2.37. The number of nitrogens with two attached hydrogens (primary N) is 1. The van der Waals surface area contributed by atoms with E-state index in [1.54, 1.807) is 0 Å². The zero-order valence-corrected chi connectivity index (χ0v) is 13.2. The molecule has 0 radical (unpaired) electrons. The fraction of sp³-hybridized carbons (Fsp3) is 0.800. The SMILES string of the molecule is CCN(CC)C(=N)/N=C(\N)N(CC)CC.O=S(=O)(O)O. The molecular formula is C10H25N5O4S. The van der Waals surface area contributed by atoms with Gasteiger partial charge in [0.15, 0.2) is 5.96 Å². The van der Waals surface area contributed by atoms with Crippen LogP contribution in [0.25, 0.3) is 0 Å². The lowest BCUT2D eigenvalue weighted by atomic mass is 10.5. The van der Waals surface area contributed by atoms with Gasteiger partial charge >= 0.3 is 10.4 Å². The third kappa shape index (κ3) is 11.7. The predicted octanol–water partition coefficient (Wildman–Crippen LogP) is 0.267. The molecule has 0 aliphatic heterocycles. The van der Waals surface area contributed by atoms with Crippen molar-refractivity contribution in [2.45, 2.75) is 27.7 Å². The Morgan fingerprint density at radius 1 is 1.05 bits per heavy atom. The summed E-state index contributed by atoms with van der Waals surface area (Å²) >= 11 is 0. The molecule has 0 rings (SSSR count). The van der Waals surface area contributed by atoms with Crippen LogP contribution in [0.1, 0.15) is 27.7 Å². The summed E-state index contributed by atoms with van der Waals surface area (Å²) in [5.41, 5.74) is 5.80. The van der Waals surface area contributed by atoms with Crippen LogP contribution in [0.4, 0.5) is 0 Å². The monoisotopic (exact) mass is 311 g/mol. The topological polar surface area (TPSA) is 143 Å². The largest absolute Gasteiger partial charge is 0.394 e. The second-order valence-electron chi connectivity index (χ2n) is 3.59. The van der Waals surface area contributed by atoms with E-state index < -0.39 is 10.4 Å². The fourth-order valence-electron chi connectivity index (χ4n) is 1.32. The summed E-state index contributed by atoms with van der Waals surface area (Å²) in [4.78, 5) is 7.88. The molecule has 0 saturated carbocycles. The molecule has 0 unspecified atom stereocenters. The standard InChI is InChI=1S/C10H23N5.H2O4S/c1-5-14(6-2)9(11)13-10(12)15(7-3)8-4;1-5(2,3)4/h5-8H2,1-4H3,(H3,11,12,13);(H2,1,2,3,4). The number of guanidine groups is 2. The maximum absolute atomic E-state index is 8.74. The Labute approximate surface area is 120 Å².